The van der Waals surface area contributed by atoms with Crippen LogP contribution >= 0.6 is 122 Å². The molecule has 4 aromatic heterocycles. The molecule has 33 heteroatoms. The number of aromatic nitrogens is 8. The quantitative estimate of drug-likeness (QED) is 0.0548. The molecule has 1 radical (unpaired) electrons. The summed E-state index contributed by atoms with van der Waals surface area (Å²) in [5.74, 6) is 3.13. The molecule has 0 bridgehead atoms. The number of anilines is 4. The summed E-state index contributed by atoms with van der Waals surface area (Å²) in [7, 11) is 4.34. The first kappa shape index (κ1) is 98.3. The van der Waals surface area contributed by atoms with Gasteiger partial charge in [0, 0.05) is 98.8 Å². The van der Waals surface area contributed by atoms with Crippen molar-refractivity contribution in [1.82, 2.24) is 50.5 Å². The predicted octanol–water partition coefficient (Wildman–Crippen LogP) is 23.4. The molecule has 8 fully saturated rings. The summed E-state index contributed by atoms with van der Waals surface area (Å²) in [5.41, 5.74) is 21.6. The minimum absolute atomic E-state index is 0. The van der Waals surface area contributed by atoms with E-state index >= 15 is 0 Å². The van der Waals surface area contributed by atoms with Gasteiger partial charge < -0.3 is 56.2 Å². The molecule has 4 spiro atoms. The molecule has 0 unspecified atom stereocenters. The second-order valence-electron chi connectivity index (χ2n) is 36.0. The summed E-state index contributed by atoms with van der Waals surface area (Å²) in [4.78, 5) is 82.8. The van der Waals surface area contributed by atoms with Crippen molar-refractivity contribution in [1.29, 1.82) is 0 Å². The summed E-state index contributed by atoms with van der Waals surface area (Å²) in [6.45, 7) is 26.2. The molecule has 8 aliphatic rings. The van der Waals surface area contributed by atoms with Gasteiger partial charge >= 0.3 is 36.9 Å². The van der Waals surface area contributed by atoms with E-state index in [1.807, 2.05) is 130 Å². The van der Waals surface area contributed by atoms with Crippen molar-refractivity contribution in [3.05, 3.63) is 163 Å². The Morgan fingerprint density at radius 1 is 0.476 bits per heavy atom. The van der Waals surface area contributed by atoms with E-state index in [2.05, 4.69) is 90.9 Å². The first-order valence-electron chi connectivity index (χ1n) is 42.5. The van der Waals surface area contributed by atoms with Crippen LogP contribution in [-0.2, 0) is 9.47 Å². The van der Waals surface area contributed by atoms with Crippen LogP contribution in [0.25, 0.3) is 45.0 Å². The van der Waals surface area contributed by atoms with Crippen LogP contribution in [-0.4, -0.2) is 147 Å². The Hall–Kier alpha value is -6.33. The molecule has 8 aromatic rings. The molecule has 16 rings (SSSR count). The Morgan fingerprint density at radius 3 is 1.15 bits per heavy atom. The van der Waals surface area contributed by atoms with Gasteiger partial charge in [-0.3, -0.25) is 14.8 Å². The molecule has 4 atom stereocenters. The molecule has 124 heavy (non-hydrogen) atoms. The van der Waals surface area contributed by atoms with Gasteiger partial charge in [0.05, 0.1) is 98.1 Å². The van der Waals surface area contributed by atoms with E-state index in [0.717, 1.165) is 217 Å². The monoisotopic (exact) mass is 1930 g/mol. The van der Waals surface area contributed by atoms with Gasteiger partial charge in [-0.25, -0.2) is 34.5 Å². The first-order valence-corrected chi connectivity index (χ1v) is 46.8. The molecule has 4 aromatic carbocycles. The van der Waals surface area contributed by atoms with Crippen molar-refractivity contribution in [2.24, 2.45) is 37.4 Å². The molecular formula is C91H116BBrCl8N17O5S. The fourth-order valence-electron chi connectivity index (χ4n) is 19.6. The number of carbonyl (C=O) groups is 2. The van der Waals surface area contributed by atoms with Gasteiger partial charge in [0.1, 0.15) is 27.4 Å². The molecule has 4 aliphatic carbocycles. The molecule has 667 valence electrons. The molecule has 8 heterocycles. The number of carbonyl (C=O) groups excluding carboxylic acids is 2. The van der Waals surface area contributed by atoms with Gasteiger partial charge in [-0.1, -0.05) is 174 Å². The Kier molecular flexibility index (Phi) is 33.3. The number of aryl methyl sites for hydroxylation is 4. The number of H-pyrrole nitrogens is 1. The van der Waals surface area contributed by atoms with Gasteiger partial charge in [-0.15, -0.1) is 0 Å². The third-order valence-electron chi connectivity index (χ3n) is 26.2. The normalized spacial score (nSPS) is 20.3. The van der Waals surface area contributed by atoms with Crippen molar-refractivity contribution in [2.45, 2.75) is 240 Å². The number of nitrogens with zero attached hydrogens (tertiary/aromatic N) is 12. The van der Waals surface area contributed by atoms with Crippen molar-refractivity contribution < 1.29 is 19.1 Å². The number of nitrogens with two attached hydrogens (primary N) is 2. The van der Waals surface area contributed by atoms with E-state index in [4.69, 9.17) is 134 Å². The van der Waals surface area contributed by atoms with Crippen LogP contribution in [0, 0.1) is 49.4 Å². The van der Waals surface area contributed by atoms with Crippen molar-refractivity contribution in [2.75, 3.05) is 72.0 Å². The number of aromatic amines is 1. The zero-order valence-electron chi connectivity index (χ0n) is 71.7. The van der Waals surface area contributed by atoms with Gasteiger partial charge in [0.2, 0.25) is 0 Å². The number of thiol groups is 1. The average molecular weight is 1930 g/mol. The number of ether oxygens (including phenoxy) is 2. The Bertz CT molecular complexity index is 5170. The van der Waals surface area contributed by atoms with Crippen LogP contribution < -0.4 is 47.3 Å². The van der Waals surface area contributed by atoms with Crippen LogP contribution in [0.15, 0.2) is 98.9 Å². The van der Waals surface area contributed by atoms with Gasteiger partial charge in [-0.05, 0) is 234 Å². The van der Waals surface area contributed by atoms with Crippen molar-refractivity contribution in [3.63, 3.8) is 0 Å². The maximum atomic E-state index is 12.8. The number of hydrogen-bond acceptors (Lipinski definition) is 20. The standard InChI is InChI=1S/C25H31BrCl2N4O2.C25H32Cl2N4O2.C20H24Cl2N4O.C20H24Cl2N4.CH4.BHNS/c1-15-20(16-7-5-8-17(27)19(16)28)31-21(26)22(29-15)32-13-11-25(12-14-32)10-6-9-18(25)30-23(33)34-24(2,3)4;1-16-22(17-7-5-8-18(26)21(17)27)28-15-20(29-16)31-13-11-25(12-14-31)10-6-9-19(25)30-23(32)33-24(2,3)4;1-12-17(13-4-2-5-14(21)16(13)22)25-19(27)18(24-12)26-10-8-20(9-11-26)7-3-6-15(20)23;1-13-19(14-4-2-5-15(21)18(14)22)24-12-17(25-13)26-10-8-20(9-11-26)7-3-6-16(20)23;;1-2-3/h5,7-8,18H,6,9-14H2,1-4H3,(H,30,33);5,7-8,15,19H,6,9-14H2,1-4H3,(H,30,32);2,4-5,15H,3,6-11,23H2,1H3,(H,25,27);2,4-5,12,16H,3,6-11,23H2,1H3;1H4;3H/t18-;19-;15-;16-;;/m1111../s1. The summed E-state index contributed by atoms with van der Waals surface area (Å²) in [6, 6.07) is 23.0. The average Bonchev–Trinajstić information content (AvgIpc) is 1.67. The number of amides is 2. The number of nitrogens with one attached hydrogen (secondary N) is 3. The molecule has 4 saturated heterocycles. The predicted molar refractivity (Wildman–Crippen MR) is 517 cm³/mol. The Labute approximate surface area is 785 Å². The summed E-state index contributed by atoms with van der Waals surface area (Å²) >= 11 is 57.0. The fraction of sp³-hybridized carbons (Fsp3) is 0.538. The summed E-state index contributed by atoms with van der Waals surface area (Å²) < 4.78 is 14.4. The molecule has 2 amide bonds. The van der Waals surface area contributed by atoms with Crippen LogP contribution in [0.3, 0.4) is 0 Å². The maximum absolute atomic E-state index is 12.8. The second-order valence-corrected chi connectivity index (χ2v) is 40.2. The SMILES string of the molecule is C.Cc1nc(N2CCC3(CCC[C@H]3N)CC2)c(=O)[nH]c1-c1cccc(Cl)c1Cl.Cc1nc(N2CCC3(CCC[C@H]3N)CC2)cnc1-c1cccc(Cl)c1Cl.Cc1nc(N2CCC3(CCC[C@H]3NC(=O)OC(C)(C)C)CC2)c(Br)nc1-c1cccc(Cl)c1Cl.Cc1nc(N2CCC3(CCC[C@H]3NC(=O)OC(C)(C)C)CC2)cnc1-c1cccc(Cl)c1Cl.[B]=NS. The molecule has 4 aliphatic heterocycles. The van der Waals surface area contributed by atoms with Crippen LogP contribution in [0.4, 0.5) is 32.9 Å². The van der Waals surface area contributed by atoms with E-state index in [1.54, 1.807) is 24.3 Å². The third kappa shape index (κ3) is 22.9. The number of piperidine rings is 4. The zero-order valence-corrected chi connectivity index (χ0v) is 80.2. The van der Waals surface area contributed by atoms with Crippen molar-refractivity contribution >= 4 is 165 Å². The topological polar surface area (TPSA) is 277 Å². The van der Waals surface area contributed by atoms with Crippen LogP contribution in [0.1, 0.15) is 200 Å². The number of halogens is 9. The number of hydrogen-bond donors (Lipinski definition) is 6. The zero-order chi connectivity index (χ0) is 88.7. The van der Waals surface area contributed by atoms with E-state index in [1.165, 1.54) is 32.1 Å². The van der Waals surface area contributed by atoms with Crippen molar-refractivity contribution in [3.8, 4) is 45.0 Å². The van der Waals surface area contributed by atoms with E-state index in [-0.39, 0.29) is 53.5 Å². The second kappa shape index (κ2) is 42.1. The van der Waals surface area contributed by atoms with Gasteiger partial charge in [0.15, 0.2) is 11.6 Å². The van der Waals surface area contributed by atoms with Gasteiger partial charge in [0.25, 0.3) is 5.56 Å². The molecule has 7 N–H and O–H groups in total. The van der Waals surface area contributed by atoms with E-state index in [9.17, 15) is 14.4 Å². The fourth-order valence-corrected chi connectivity index (χ4v) is 21.6. The first-order chi connectivity index (χ1) is 58.4. The number of benzene rings is 4. The molecule has 4 saturated carbocycles. The van der Waals surface area contributed by atoms with E-state index < -0.39 is 11.2 Å². The Morgan fingerprint density at radius 2 is 0.790 bits per heavy atom. The van der Waals surface area contributed by atoms with E-state index in [0.29, 0.717) is 85.1 Å². The molecule has 22 nitrogen and oxygen atoms in total. The number of alkyl carbamates (subject to hydrolysis) is 2. The third-order valence-corrected chi connectivity index (χ3v) is 30.0. The Balaban J connectivity index is 0.000000160. The van der Waals surface area contributed by atoms with Crippen LogP contribution in [0.5, 0.6) is 0 Å². The van der Waals surface area contributed by atoms with Gasteiger partial charge in [-0.2, -0.15) is 0 Å². The minimum atomic E-state index is -0.497. The summed E-state index contributed by atoms with van der Waals surface area (Å²) in [5, 5.41) is 10.2. The number of rotatable bonds is 10. The summed E-state index contributed by atoms with van der Waals surface area (Å²) in [6.07, 6.45) is 25.2. The molecular weight excluding hydrogens is 1820 g/mol. The van der Waals surface area contributed by atoms with Crippen LogP contribution in [0.2, 0.25) is 40.2 Å².